The number of nitrogens with one attached hydrogen (secondary N) is 1. The number of hydrogen-bond acceptors (Lipinski definition) is 1. The molecule has 0 heterocycles. The van der Waals surface area contributed by atoms with Crippen molar-refractivity contribution in [3.8, 4) is 0 Å². The highest BCUT2D eigenvalue weighted by molar-refractivity contribution is 5.85. The molecule has 2 fully saturated rings. The van der Waals surface area contributed by atoms with E-state index >= 15 is 0 Å². The van der Waals surface area contributed by atoms with Crippen molar-refractivity contribution in [1.29, 1.82) is 0 Å². The quantitative estimate of drug-likeness (QED) is 0.717. The first-order chi connectivity index (χ1) is 6.35. The van der Waals surface area contributed by atoms with Crippen molar-refractivity contribution in [2.45, 2.75) is 71.3 Å². The molecular formula is C13H28ClN. The van der Waals surface area contributed by atoms with Gasteiger partial charge in [-0.3, -0.25) is 0 Å². The second kappa shape index (κ2) is 6.75. The Kier molecular flexibility index (Phi) is 6.86. The van der Waals surface area contributed by atoms with Crippen LogP contribution in [0.5, 0.6) is 0 Å². The summed E-state index contributed by atoms with van der Waals surface area (Å²) < 4.78 is 0. The van der Waals surface area contributed by atoms with Crippen molar-refractivity contribution in [3.05, 3.63) is 0 Å². The Morgan fingerprint density at radius 2 is 1.47 bits per heavy atom. The third kappa shape index (κ3) is 3.64. The first-order valence-corrected chi connectivity index (χ1v) is 6.02. The van der Waals surface area contributed by atoms with Crippen LogP contribution < -0.4 is 5.32 Å². The fraction of sp³-hybridized carbons (Fsp3) is 1.00. The Labute approximate surface area is 102 Å². The Morgan fingerprint density at radius 1 is 0.933 bits per heavy atom. The summed E-state index contributed by atoms with van der Waals surface area (Å²) >= 11 is 0. The molecule has 0 aromatic heterocycles. The lowest BCUT2D eigenvalue weighted by molar-refractivity contribution is 0.109. The fourth-order valence-electron chi connectivity index (χ4n) is 3.32. The molecule has 0 atom stereocenters. The molecule has 1 spiro atoms. The first kappa shape index (κ1) is 15.2. The summed E-state index contributed by atoms with van der Waals surface area (Å²) in [6, 6.07) is 0.826. The minimum absolute atomic E-state index is 0. The lowest BCUT2D eigenvalue weighted by Gasteiger charge is -2.43. The van der Waals surface area contributed by atoms with Gasteiger partial charge in [0, 0.05) is 6.04 Å². The van der Waals surface area contributed by atoms with E-state index in [0.717, 1.165) is 11.5 Å². The van der Waals surface area contributed by atoms with Gasteiger partial charge in [0.05, 0.1) is 0 Å². The lowest BCUT2D eigenvalue weighted by Crippen LogP contribution is -2.36. The van der Waals surface area contributed by atoms with Crippen LogP contribution in [0, 0.1) is 5.41 Å². The molecule has 2 rings (SSSR count). The summed E-state index contributed by atoms with van der Waals surface area (Å²) in [4.78, 5) is 0. The first-order valence-electron chi connectivity index (χ1n) is 6.02. The summed E-state index contributed by atoms with van der Waals surface area (Å²) in [5, 5.41) is 3.43. The highest BCUT2D eigenvalue weighted by atomic mass is 35.5. The maximum atomic E-state index is 3.43. The molecule has 0 amide bonds. The van der Waals surface area contributed by atoms with Crippen molar-refractivity contribution in [3.63, 3.8) is 0 Å². The number of halogens is 1. The minimum atomic E-state index is 0. The standard InChI is InChI=1S/C12H23N.CH4.ClH/c1-13-11-5-9-12(10-6-11)7-3-2-4-8-12;;/h11,13H,2-10H2,1H3;1H4;1H. The highest BCUT2D eigenvalue weighted by Crippen LogP contribution is 2.47. The van der Waals surface area contributed by atoms with Crippen LogP contribution in [-0.2, 0) is 0 Å². The van der Waals surface area contributed by atoms with Crippen molar-refractivity contribution >= 4 is 12.4 Å². The van der Waals surface area contributed by atoms with Crippen LogP contribution in [0.15, 0.2) is 0 Å². The maximum Gasteiger partial charge on any atom is 0.00644 e. The largest absolute Gasteiger partial charge is 0.317 e. The van der Waals surface area contributed by atoms with Gasteiger partial charge in [-0.25, -0.2) is 0 Å². The predicted molar refractivity (Wildman–Crippen MR) is 70.8 cm³/mol. The second-order valence-corrected chi connectivity index (χ2v) is 5.12. The van der Waals surface area contributed by atoms with E-state index in [1.54, 1.807) is 0 Å². The molecule has 1 N–H and O–H groups in total. The van der Waals surface area contributed by atoms with Gasteiger partial charge in [-0.15, -0.1) is 12.4 Å². The van der Waals surface area contributed by atoms with Crippen LogP contribution in [0.25, 0.3) is 0 Å². The Hall–Kier alpha value is 0.250. The van der Waals surface area contributed by atoms with Gasteiger partial charge in [0.15, 0.2) is 0 Å². The molecule has 1 nitrogen and oxygen atoms in total. The third-order valence-corrected chi connectivity index (χ3v) is 4.37. The Balaban J connectivity index is 0.000000980. The van der Waals surface area contributed by atoms with E-state index in [0.29, 0.717) is 0 Å². The number of rotatable bonds is 1. The summed E-state index contributed by atoms with van der Waals surface area (Å²) in [7, 11) is 2.11. The zero-order valence-electron chi connectivity index (χ0n) is 9.35. The monoisotopic (exact) mass is 233 g/mol. The molecule has 0 aromatic rings. The van der Waals surface area contributed by atoms with E-state index in [-0.39, 0.29) is 19.8 Å². The normalized spacial score (nSPS) is 25.4. The lowest BCUT2D eigenvalue weighted by atomic mass is 9.64. The second-order valence-electron chi connectivity index (χ2n) is 5.12. The average Bonchev–Trinajstić information content (AvgIpc) is 2.20. The van der Waals surface area contributed by atoms with Crippen LogP contribution in [-0.4, -0.2) is 13.1 Å². The van der Waals surface area contributed by atoms with E-state index in [2.05, 4.69) is 12.4 Å². The van der Waals surface area contributed by atoms with E-state index in [9.17, 15) is 0 Å². The highest BCUT2D eigenvalue weighted by Gasteiger charge is 2.35. The van der Waals surface area contributed by atoms with Crippen molar-refractivity contribution in [1.82, 2.24) is 5.32 Å². The molecular weight excluding hydrogens is 206 g/mol. The zero-order valence-corrected chi connectivity index (χ0v) is 10.2. The van der Waals surface area contributed by atoms with Gasteiger partial charge in [0.25, 0.3) is 0 Å². The summed E-state index contributed by atoms with van der Waals surface area (Å²) in [5.41, 5.74) is 0.797. The van der Waals surface area contributed by atoms with Gasteiger partial charge in [-0.05, 0) is 51.0 Å². The van der Waals surface area contributed by atoms with Gasteiger partial charge in [-0.2, -0.15) is 0 Å². The van der Waals surface area contributed by atoms with Crippen LogP contribution >= 0.6 is 12.4 Å². The molecule has 0 saturated heterocycles. The maximum absolute atomic E-state index is 3.43. The molecule has 0 radical (unpaired) electrons. The molecule has 15 heavy (non-hydrogen) atoms. The molecule has 0 bridgehead atoms. The van der Waals surface area contributed by atoms with Gasteiger partial charge in [0.2, 0.25) is 0 Å². The van der Waals surface area contributed by atoms with Crippen molar-refractivity contribution < 1.29 is 0 Å². The summed E-state index contributed by atoms with van der Waals surface area (Å²) in [6.07, 6.45) is 13.4. The van der Waals surface area contributed by atoms with E-state index < -0.39 is 0 Å². The average molecular weight is 234 g/mol. The summed E-state index contributed by atoms with van der Waals surface area (Å²) in [6.45, 7) is 0. The topological polar surface area (TPSA) is 12.0 Å². The van der Waals surface area contributed by atoms with Gasteiger partial charge >= 0.3 is 0 Å². The molecule has 2 aliphatic carbocycles. The van der Waals surface area contributed by atoms with Crippen LogP contribution in [0.1, 0.15) is 65.2 Å². The molecule has 92 valence electrons. The SMILES string of the molecule is C.CNC1CCC2(CCCCC2)CC1.Cl. The van der Waals surface area contributed by atoms with Crippen LogP contribution in [0.4, 0.5) is 0 Å². The molecule has 2 saturated carbocycles. The number of hydrogen-bond donors (Lipinski definition) is 1. The van der Waals surface area contributed by atoms with Crippen LogP contribution in [0.2, 0.25) is 0 Å². The van der Waals surface area contributed by atoms with Gasteiger partial charge in [0.1, 0.15) is 0 Å². The third-order valence-electron chi connectivity index (χ3n) is 4.37. The smallest absolute Gasteiger partial charge is 0.00644 e. The van der Waals surface area contributed by atoms with E-state index in [1.807, 2.05) is 0 Å². The van der Waals surface area contributed by atoms with Crippen molar-refractivity contribution in [2.75, 3.05) is 7.05 Å². The fourth-order valence-corrected chi connectivity index (χ4v) is 3.32. The molecule has 2 heteroatoms. The van der Waals surface area contributed by atoms with E-state index in [4.69, 9.17) is 0 Å². The summed E-state index contributed by atoms with van der Waals surface area (Å²) in [5.74, 6) is 0. The predicted octanol–water partition coefficient (Wildman–Crippen LogP) is 4.16. The molecule has 0 unspecified atom stereocenters. The molecule has 0 aliphatic heterocycles. The van der Waals surface area contributed by atoms with Crippen molar-refractivity contribution in [2.24, 2.45) is 5.41 Å². The Morgan fingerprint density at radius 3 is 1.93 bits per heavy atom. The molecule has 2 aliphatic rings. The minimum Gasteiger partial charge on any atom is -0.317 e. The van der Waals surface area contributed by atoms with Gasteiger partial charge in [-0.1, -0.05) is 26.7 Å². The van der Waals surface area contributed by atoms with Crippen LogP contribution in [0.3, 0.4) is 0 Å². The molecule has 0 aromatic carbocycles. The van der Waals surface area contributed by atoms with Gasteiger partial charge < -0.3 is 5.32 Å². The Bertz CT molecular complexity index is 154. The zero-order chi connectivity index (χ0) is 9.15. The van der Waals surface area contributed by atoms with E-state index in [1.165, 1.54) is 57.8 Å².